The van der Waals surface area contributed by atoms with E-state index in [0.717, 1.165) is 41.0 Å². The average molecular weight is 346 g/mol. The fourth-order valence-corrected chi connectivity index (χ4v) is 2.74. The molecule has 0 fully saturated rings. The molecule has 0 aliphatic heterocycles. The van der Waals surface area contributed by atoms with Crippen LogP contribution >= 0.6 is 11.6 Å². The topological polar surface area (TPSA) is 53.5 Å². The second-order valence-corrected chi connectivity index (χ2v) is 6.64. The zero-order valence-electron chi connectivity index (χ0n) is 14.4. The number of nitrogens with zero attached hydrogens (tertiary/aromatic N) is 1. The summed E-state index contributed by atoms with van der Waals surface area (Å²) in [6, 6.07) is 5.57. The minimum absolute atomic E-state index is 0.143. The Kier molecular flexibility index (Phi) is 6.21. The van der Waals surface area contributed by atoms with E-state index in [1.165, 1.54) is 0 Å². The van der Waals surface area contributed by atoms with E-state index >= 15 is 0 Å². The molecular weight excluding hydrogens is 322 g/mol. The van der Waals surface area contributed by atoms with E-state index in [2.05, 4.69) is 28.5 Å². The number of nitrogens with one attached hydrogen (secondary N) is 2. The third kappa shape index (κ3) is 4.71. The maximum Gasteiger partial charge on any atom is 0.259 e. The monoisotopic (exact) mass is 345 g/mol. The highest BCUT2D eigenvalue weighted by Crippen LogP contribution is 2.26. The maximum absolute atomic E-state index is 12.0. The number of anilines is 1. The van der Waals surface area contributed by atoms with Crippen LogP contribution < -0.4 is 10.7 Å². The quantitative estimate of drug-likeness (QED) is 0.611. The van der Waals surface area contributed by atoms with Gasteiger partial charge in [0.1, 0.15) is 0 Å². The van der Waals surface area contributed by atoms with Gasteiger partial charge in [0.2, 0.25) is 0 Å². The molecule has 5 heteroatoms. The van der Waals surface area contributed by atoms with Crippen molar-refractivity contribution < 1.29 is 4.79 Å². The highest BCUT2D eigenvalue weighted by molar-refractivity contribution is 6.31. The molecule has 0 bridgehead atoms. The molecule has 4 nitrogen and oxygen atoms in total. The van der Waals surface area contributed by atoms with Crippen LogP contribution in [0.5, 0.6) is 0 Å². The molecule has 0 unspecified atom stereocenters. The Morgan fingerprint density at radius 3 is 2.88 bits per heavy atom. The highest BCUT2D eigenvalue weighted by atomic mass is 35.5. The summed E-state index contributed by atoms with van der Waals surface area (Å²) >= 11 is 6.07. The fraction of sp³-hybridized carbons (Fsp3) is 0.368. The fourth-order valence-electron chi connectivity index (χ4n) is 2.57. The normalized spacial score (nSPS) is 18.9. The largest absolute Gasteiger partial charge is 0.376 e. The third-order valence-corrected chi connectivity index (χ3v) is 4.73. The number of hydrogen-bond donors (Lipinski definition) is 2. The number of allylic oxidation sites excluding steroid dienone is 3. The van der Waals surface area contributed by atoms with Crippen LogP contribution in [0.2, 0.25) is 5.02 Å². The molecule has 0 saturated carbocycles. The first-order valence-corrected chi connectivity index (χ1v) is 8.43. The van der Waals surface area contributed by atoms with Gasteiger partial charge >= 0.3 is 0 Å². The van der Waals surface area contributed by atoms with Crippen LogP contribution in [0.25, 0.3) is 0 Å². The van der Waals surface area contributed by atoms with Crippen LogP contribution in [-0.4, -0.2) is 18.2 Å². The van der Waals surface area contributed by atoms with E-state index in [-0.39, 0.29) is 12.5 Å². The lowest BCUT2D eigenvalue weighted by Gasteiger charge is -2.22. The maximum atomic E-state index is 12.0. The lowest BCUT2D eigenvalue weighted by molar-refractivity contribution is -0.119. The summed E-state index contributed by atoms with van der Waals surface area (Å²) in [5, 5.41) is 8.05. The first-order valence-electron chi connectivity index (χ1n) is 8.05. The lowest BCUT2D eigenvalue weighted by Crippen LogP contribution is -2.28. The summed E-state index contributed by atoms with van der Waals surface area (Å²) in [6.45, 7) is 10.1. The zero-order chi connectivity index (χ0) is 17.7. The van der Waals surface area contributed by atoms with Crippen LogP contribution in [-0.2, 0) is 4.79 Å². The van der Waals surface area contributed by atoms with Crippen molar-refractivity contribution in [2.24, 2.45) is 11.0 Å². The zero-order valence-corrected chi connectivity index (χ0v) is 15.2. The molecule has 1 aromatic carbocycles. The van der Waals surface area contributed by atoms with Crippen molar-refractivity contribution in [2.45, 2.75) is 33.6 Å². The van der Waals surface area contributed by atoms with E-state index in [1.807, 2.05) is 39.0 Å². The van der Waals surface area contributed by atoms with Gasteiger partial charge in [0.15, 0.2) is 0 Å². The van der Waals surface area contributed by atoms with Gasteiger partial charge in [0.25, 0.3) is 5.91 Å². The summed E-state index contributed by atoms with van der Waals surface area (Å²) in [5.41, 5.74) is 7.59. The van der Waals surface area contributed by atoms with E-state index in [1.54, 1.807) is 0 Å². The van der Waals surface area contributed by atoms with Gasteiger partial charge < -0.3 is 5.32 Å². The van der Waals surface area contributed by atoms with Gasteiger partial charge in [0, 0.05) is 10.7 Å². The Morgan fingerprint density at radius 2 is 2.17 bits per heavy atom. The first-order chi connectivity index (χ1) is 11.4. The third-order valence-electron chi connectivity index (χ3n) is 4.32. The van der Waals surface area contributed by atoms with Crippen LogP contribution in [0, 0.1) is 12.8 Å². The minimum atomic E-state index is -0.188. The Labute approximate surface area is 148 Å². The lowest BCUT2D eigenvalue weighted by atomic mass is 9.85. The molecule has 0 radical (unpaired) electrons. The van der Waals surface area contributed by atoms with Crippen LogP contribution in [0.4, 0.5) is 5.69 Å². The van der Waals surface area contributed by atoms with Gasteiger partial charge in [-0.15, -0.1) is 0 Å². The summed E-state index contributed by atoms with van der Waals surface area (Å²) in [7, 11) is 0. The number of hydrazone groups is 1. The molecule has 0 aromatic heterocycles. The summed E-state index contributed by atoms with van der Waals surface area (Å²) in [5.74, 6) is 0.212. The summed E-state index contributed by atoms with van der Waals surface area (Å²) in [4.78, 5) is 12.0. The molecule has 0 spiro atoms. The molecule has 1 aliphatic carbocycles. The minimum Gasteiger partial charge on any atom is -0.376 e. The standard InChI is InChI=1S/C19H24ClN3O/c1-12(2)15-9-8-13(3)18(10-15)22-23-19(24)11-21-17-7-5-6-16(20)14(17)4/h5-8,15,21H,1,9-11H2,2-4H3,(H,23,24)/b22-18-/t15-/m0/s1. The van der Waals surface area contributed by atoms with Crippen molar-refractivity contribution in [2.75, 3.05) is 11.9 Å². The number of benzene rings is 1. The van der Waals surface area contributed by atoms with E-state index < -0.39 is 0 Å². The SMILES string of the molecule is C=C(C)[C@H]1CC=C(C)/C(=N\NC(=O)CNc2cccc(Cl)c2C)C1. The number of carbonyl (C=O) groups excluding carboxylic acids is 1. The second-order valence-electron chi connectivity index (χ2n) is 6.23. The summed E-state index contributed by atoms with van der Waals surface area (Å²) < 4.78 is 0. The van der Waals surface area contributed by atoms with Crippen LogP contribution in [0.3, 0.4) is 0 Å². The molecule has 2 N–H and O–H groups in total. The predicted molar refractivity (Wildman–Crippen MR) is 102 cm³/mol. The van der Waals surface area contributed by atoms with E-state index in [0.29, 0.717) is 10.9 Å². The second kappa shape index (κ2) is 8.15. The van der Waals surface area contributed by atoms with Gasteiger partial charge in [-0.3, -0.25) is 4.79 Å². The molecule has 2 rings (SSSR count). The molecule has 128 valence electrons. The van der Waals surface area contributed by atoms with E-state index in [9.17, 15) is 4.79 Å². The molecule has 0 heterocycles. The Morgan fingerprint density at radius 1 is 1.42 bits per heavy atom. The first kappa shape index (κ1) is 18.3. The number of hydrogen-bond acceptors (Lipinski definition) is 3. The Bertz CT molecular complexity index is 707. The van der Waals surface area contributed by atoms with Crippen molar-refractivity contribution in [1.29, 1.82) is 0 Å². The summed E-state index contributed by atoms with van der Waals surface area (Å²) in [6.07, 6.45) is 3.96. The van der Waals surface area contributed by atoms with Crippen molar-refractivity contribution in [3.05, 3.63) is 52.6 Å². The van der Waals surface area contributed by atoms with Gasteiger partial charge in [-0.1, -0.05) is 35.9 Å². The van der Waals surface area contributed by atoms with Crippen LogP contribution in [0.15, 0.2) is 47.1 Å². The molecule has 0 saturated heterocycles. The van der Waals surface area contributed by atoms with Gasteiger partial charge in [-0.25, -0.2) is 5.43 Å². The van der Waals surface area contributed by atoms with E-state index in [4.69, 9.17) is 11.6 Å². The van der Waals surface area contributed by atoms with Crippen molar-refractivity contribution >= 4 is 28.9 Å². The Hall–Kier alpha value is -2.07. The van der Waals surface area contributed by atoms with Gasteiger partial charge in [-0.2, -0.15) is 5.10 Å². The molecule has 1 amide bonds. The molecule has 1 aromatic rings. The van der Waals surface area contributed by atoms with Crippen molar-refractivity contribution in [3.63, 3.8) is 0 Å². The number of carbonyl (C=O) groups is 1. The van der Waals surface area contributed by atoms with Crippen molar-refractivity contribution in [3.8, 4) is 0 Å². The van der Waals surface area contributed by atoms with Crippen molar-refractivity contribution in [1.82, 2.24) is 5.43 Å². The molecular formula is C19H24ClN3O. The number of rotatable bonds is 5. The van der Waals surface area contributed by atoms with Gasteiger partial charge in [0.05, 0.1) is 12.3 Å². The number of halogens is 1. The Balaban J connectivity index is 1.92. The molecule has 1 aliphatic rings. The van der Waals surface area contributed by atoms with Gasteiger partial charge in [-0.05, 0) is 62.8 Å². The molecule has 1 atom stereocenters. The van der Waals surface area contributed by atoms with Crippen LogP contribution in [0.1, 0.15) is 32.3 Å². The predicted octanol–water partition coefficient (Wildman–Crippen LogP) is 4.46. The number of amides is 1. The molecule has 24 heavy (non-hydrogen) atoms. The average Bonchev–Trinajstić information content (AvgIpc) is 2.55. The smallest absolute Gasteiger partial charge is 0.259 e. The highest BCUT2D eigenvalue weighted by Gasteiger charge is 2.18.